The Balaban J connectivity index is 2.58. The molecule has 0 amide bonds. The minimum atomic E-state index is -1.25. The monoisotopic (exact) mass is 492 g/mol. The Morgan fingerprint density at radius 2 is 1.87 bits per heavy atom. The lowest BCUT2D eigenvalue weighted by Crippen LogP contribution is -2.22. The zero-order chi connectivity index (χ0) is 22.5. The van der Waals surface area contributed by atoms with Crippen LogP contribution in [-0.2, 0) is 22.8 Å². The normalized spacial score (nSPS) is 14.7. The van der Waals surface area contributed by atoms with Gasteiger partial charge < -0.3 is 4.57 Å². The highest BCUT2D eigenvalue weighted by atomic mass is 79.9. The topological polar surface area (TPSA) is 34.9 Å². The predicted molar refractivity (Wildman–Crippen MR) is 135 cm³/mol. The lowest BCUT2D eigenvalue weighted by Gasteiger charge is -2.24. The van der Waals surface area contributed by atoms with Gasteiger partial charge in [-0.15, -0.1) is 0 Å². The Morgan fingerprint density at radius 1 is 1.23 bits per heavy atom. The molecular formula is C25H37BrN2OS. The molecule has 1 heterocycles. The molecule has 3 nitrogen and oxygen atoms in total. The Labute approximate surface area is 193 Å². The Morgan fingerprint density at radius 3 is 2.37 bits per heavy atom. The first-order valence-electron chi connectivity index (χ1n) is 11.1. The molecule has 0 N–H and O–H groups in total. The van der Waals surface area contributed by atoms with Crippen LogP contribution in [0.4, 0.5) is 0 Å². The van der Waals surface area contributed by atoms with E-state index in [2.05, 4.69) is 61.2 Å². The number of fused-ring (bicyclic) bond motifs is 1. The maximum absolute atomic E-state index is 13.2. The second-order valence-electron chi connectivity index (χ2n) is 9.06. The second-order valence-corrected chi connectivity index (χ2v) is 11.7. The number of aromatic nitrogens is 2. The average molecular weight is 494 g/mol. The van der Waals surface area contributed by atoms with Gasteiger partial charge in [-0.3, -0.25) is 0 Å². The molecule has 1 unspecified atom stereocenters. The number of allylic oxidation sites excluding steroid dienone is 3. The van der Waals surface area contributed by atoms with Gasteiger partial charge in [0.25, 0.3) is 0 Å². The SMILES string of the molecule is C/C=C\C(=C(/C)Br)S(=O)c1ccc2c(c1)nc(C(C)(C)C)n2CC(CCC)CCC. The van der Waals surface area contributed by atoms with E-state index in [0.717, 1.165) is 37.7 Å². The van der Waals surface area contributed by atoms with Gasteiger partial charge in [0.2, 0.25) is 0 Å². The summed E-state index contributed by atoms with van der Waals surface area (Å²) in [6, 6.07) is 6.11. The summed E-state index contributed by atoms with van der Waals surface area (Å²) < 4.78 is 16.5. The molecule has 0 saturated carbocycles. The number of imidazole rings is 1. The van der Waals surface area contributed by atoms with Crippen molar-refractivity contribution in [2.24, 2.45) is 5.92 Å². The minimum Gasteiger partial charge on any atom is -0.327 e. The molecule has 1 aromatic carbocycles. The van der Waals surface area contributed by atoms with Crippen molar-refractivity contribution in [2.75, 3.05) is 0 Å². The number of hydrogen-bond acceptors (Lipinski definition) is 2. The van der Waals surface area contributed by atoms with Gasteiger partial charge in [-0.1, -0.05) is 69.5 Å². The highest BCUT2D eigenvalue weighted by Crippen LogP contribution is 2.31. The molecule has 0 aliphatic carbocycles. The molecule has 0 saturated heterocycles. The Bertz CT molecular complexity index is 940. The van der Waals surface area contributed by atoms with Crippen LogP contribution in [0.2, 0.25) is 0 Å². The third-order valence-corrected chi connectivity index (χ3v) is 7.51. The molecule has 0 aliphatic rings. The van der Waals surface area contributed by atoms with Gasteiger partial charge >= 0.3 is 0 Å². The maximum Gasteiger partial charge on any atom is 0.115 e. The summed E-state index contributed by atoms with van der Waals surface area (Å²) in [5, 5.41) is 0. The van der Waals surface area contributed by atoms with Crippen LogP contribution in [0.15, 0.2) is 44.6 Å². The summed E-state index contributed by atoms with van der Waals surface area (Å²) in [6.45, 7) is 16.1. The molecule has 1 atom stereocenters. The van der Waals surface area contributed by atoms with E-state index in [4.69, 9.17) is 4.98 Å². The molecule has 0 fully saturated rings. The largest absolute Gasteiger partial charge is 0.327 e. The van der Waals surface area contributed by atoms with Gasteiger partial charge in [0.05, 0.1) is 26.7 Å². The molecule has 0 bridgehead atoms. The predicted octanol–water partition coefficient (Wildman–Crippen LogP) is 7.86. The van der Waals surface area contributed by atoms with Crippen LogP contribution in [0.3, 0.4) is 0 Å². The van der Waals surface area contributed by atoms with Gasteiger partial charge in [-0.25, -0.2) is 9.19 Å². The molecule has 0 radical (unpaired) electrons. The number of hydrogen-bond donors (Lipinski definition) is 0. The van der Waals surface area contributed by atoms with Crippen molar-refractivity contribution < 1.29 is 4.21 Å². The van der Waals surface area contributed by atoms with Crippen molar-refractivity contribution >= 4 is 37.8 Å². The van der Waals surface area contributed by atoms with E-state index in [1.165, 1.54) is 25.7 Å². The first kappa shape index (κ1) is 25.1. The van der Waals surface area contributed by atoms with Gasteiger partial charge in [-0.2, -0.15) is 0 Å². The molecule has 0 aliphatic heterocycles. The van der Waals surface area contributed by atoms with E-state index in [0.29, 0.717) is 5.92 Å². The fourth-order valence-electron chi connectivity index (χ4n) is 3.97. The van der Waals surface area contributed by atoms with E-state index in [-0.39, 0.29) is 5.41 Å². The fourth-order valence-corrected chi connectivity index (χ4v) is 5.72. The molecule has 0 spiro atoms. The highest BCUT2D eigenvalue weighted by molar-refractivity contribution is 9.11. The summed E-state index contributed by atoms with van der Waals surface area (Å²) in [5.74, 6) is 1.77. The number of halogens is 1. The molecule has 1 aromatic heterocycles. The van der Waals surface area contributed by atoms with Crippen LogP contribution in [0.5, 0.6) is 0 Å². The van der Waals surface area contributed by atoms with E-state index in [9.17, 15) is 4.21 Å². The molecule has 2 rings (SSSR count). The second kappa shape index (κ2) is 10.9. The number of nitrogens with zero attached hydrogens (tertiary/aromatic N) is 2. The highest BCUT2D eigenvalue weighted by Gasteiger charge is 2.25. The fraction of sp³-hybridized carbons (Fsp3) is 0.560. The van der Waals surface area contributed by atoms with Gasteiger partial charge in [-0.05, 0) is 56.9 Å². The lowest BCUT2D eigenvalue weighted by atomic mass is 9.94. The molecule has 5 heteroatoms. The van der Waals surface area contributed by atoms with Gasteiger partial charge in [0.1, 0.15) is 5.82 Å². The van der Waals surface area contributed by atoms with E-state index in [1.807, 2.05) is 38.1 Å². The van der Waals surface area contributed by atoms with Crippen molar-refractivity contribution in [3.05, 3.63) is 45.6 Å². The smallest absolute Gasteiger partial charge is 0.115 e. The van der Waals surface area contributed by atoms with Gasteiger partial charge in [0, 0.05) is 21.3 Å². The summed E-state index contributed by atoms with van der Waals surface area (Å²) in [7, 11) is -1.25. The molecule has 166 valence electrons. The molecular weight excluding hydrogens is 456 g/mol. The zero-order valence-corrected chi connectivity index (χ0v) is 22.0. The molecule has 30 heavy (non-hydrogen) atoms. The first-order valence-corrected chi connectivity index (χ1v) is 13.0. The van der Waals surface area contributed by atoms with Crippen molar-refractivity contribution in [1.82, 2.24) is 9.55 Å². The average Bonchev–Trinajstić information content (AvgIpc) is 3.04. The maximum atomic E-state index is 13.2. The van der Waals surface area contributed by atoms with E-state index >= 15 is 0 Å². The summed E-state index contributed by atoms with van der Waals surface area (Å²) in [6.07, 6.45) is 8.71. The van der Waals surface area contributed by atoms with E-state index in [1.54, 1.807) is 0 Å². The summed E-state index contributed by atoms with van der Waals surface area (Å²) in [5.41, 5.74) is 2.03. The van der Waals surface area contributed by atoms with Crippen molar-refractivity contribution in [3.63, 3.8) is 0 Å². The third-order valence-electron chi connectivity index (χ3n) is 5.30. The minimum absolute atomic E-state index is 0.0518. The van der Waals surface area contributed by atoms with E-state index < -0.39 is 10.8 Å². The van der Waals surface area contributed by atoms with Crippen LogP contribution in [-0.4, -0.2) is 13.8 Å². The van der Waals surface area contributed by atoms with Crippen LogP contribution < -0.4 is 0 Å². The van der Waals surface area contributed by atoms with Crippen LogP contribution >= 0.6 is 15.9 Å². The third kappa shape index (κ3) is 5.94. The standard InChI is InChI=1S/C25H37BrN2OS/c1-8-11-19(12-9-2)17-28-22-15-14-20(30(29)23(13-10-3)18(4)26)16-21(22)27-24(28)25(5,6)7/h10,13-16,19H,8-9,11-12,17H2,1-7H3/b13-10-,23-18-. The van der Waals surface area contributed by atoms with Crippen molar-refractivity contribution in [2.45, 2.75) is 91.0 Å². The van der Waals surface area contributed by atoms with Crippen molar-refractivity contribution in [3.8, 4) is 0 Å². The van der Waals surface area contributed by atoms with Crippen LogP contribution in [0.1, 0.15) is 80.0 Å². The zero-order valence-electron chi connectivity index (χ0n) is 19.6. The van der Waals surface area contributed by atoms with Crippen molar-refractivity contribution in [1.29, 1.82) is 0 Å². The number of benzene rings is 1. The Hall–Kier alpha value is -1.20. The first-order chi connectivity index (χ1) is 14.1. The quantitative estimate of drug-likeness (QED) is 0.333. The molecule has 2 aromatic rings. The lowest BCUT2D eigenvalue weighted by molar-refractivity contribution is 0.367. The van der Waals surface area contributed by atoms with Crippen LogP contribution in [0, 0.1) is 5.92 Å². The van der Waals surface area contributed by atoms with Crippen LogP contribution in [0.25, 0.3) is 11.0 Å². The summed E-state index contributed by atoms with van der Waals surface area (Å²) in [4.78, 5) is 6.61. The number of rotatable bonds is 9. The summed E-state index contributed by atoms with van der Waals surface area (Å²) >= 11 is 3.50. The Kier molecular flexibility index (Phi) is 9.11. The van der Waals surface area contributed by atoms with Gasteiger partial charge in [0.15, 0.2) is 0 Å².